The van der Waals surface area contributed by atoms with E-state index >= 15 is 0 Å². The number of morpholine rings is 1. The molecule has 1 aliphatic rings. The van der Waals surface area contributed by atoms with E-state index in [2.05, 4.69) is 33.7 Å². The summed E-state index contributed by atoms with van der Waals surface area (Å²) < 4.78 is 29.0. The molecule has 170 valence electrons. The van der Waals surface area contributed by atoms with Crippen LogP contribution in [-0.4, -0.2) is 80.7 Å². The predicted octanol–water partition coefficient (Wildman–Crippen LogP) is 2.83. The number of aromatic nitrogens is 4. The zero-order chi connectivity index (χ0) is 21.3. The summed E-state index contributed by atoms with van der Waals surface area (Å²) >= 11 is 0. The Labute approximate surface area is 179 Å². The van der Waals surface area contributed by atoms with Gasteiger partial charge in [0.1, 0.15) is 18.1 Å². The van der Waals surface area contributed by atoms with Gasteiger partial charge in [-0.25, -0.2) is 19.6 Å². The highest BCUT2D eigenvalue weighted by atomic mass is 31.2. The number of nitrogens with two attached hydrogens (primary N) is 1. The lowest BCUT2D eigenvalue weighted by Crippen LogP contribution is -2.49. The van der Waals surface area contributed by atoms with Crippen molar-refractivity contribution in [3.8, 4) is 0 Å². The van der Waals surface area contributed by atoms with Crippen molar-refractivity contribution in [2.45, 2.75) is 59.2 Å². The topological polar surface area (TPSA) is 112 Å². The van der Waals surface area contributed by atoms with E-state index < -0.39 is 7.52 Å². The van der Waals surface area contributed by atoms with Gasteiger partial charge in [-0.1, -0.05) is 21.3 Å². The first-order valence-corrected chi connectivity index (χ1v) is 11.5. The molecule has 1 saturated heterocycles. The second-order valence-electron chi connectivity index (χ2n) is 8.14. The van der Waals surface area contributed by atoms with E-state index in [4.69, 9.17) is 15.0 Å². The molecule has 0 bridgehead atoms. The number of nitrogen functional groups attached to an aromatic ring is 1. The Hall–Kier alpha value is -1.58. The molecule has 2 aromatic heterocycles. The lowest BCUT2D eigenvalue weighted by molar-refractivity contribution is -0.136. The summed E-state index contributed by atoms with van der Waals surface area (Å²) in [5, 5.41) is 0. The quantitative estimate of drug-likeness (QED) is 0.648. The lowest BCUT2D eigenvalue weighted by Gasteiger charge is -2.41. The van der Waals surface area contributed by atoms with Gasteiger partial charge in [-0.05, 0) is 27.9 Å². The second-order valence-corrected chi connectivity index (χ2v) is 11.4. The third-order valence-corrected chi connectivity index (χ3v) is 8.20. The predicted molar refractivity (Wildman–Crippen MR) is 119 cm³/mol. The molecule has 3 rings (SSSR count). The number of nitrogens with zero attached hydrogens (tertiary/aromatic N) is 6. The molecule has 0 aromatic carbocycles. The maximum absolute atomic E-state index is 13.2. The van der Waals surface area contributed by atoms with E-state index in [-0.39, 0.29) is 32.0 Å². The Balaban J connectivity index is 0.00000320. The van der Waals surface area contributed by atoms with Crippen LogP contribution in [0.25, 0.3) is 11.2 Å². The van der Waals surface area contributed by atoms with Gasteiger partial charge in [0.2, 0.25) is 0 Å². The lowest BCUT2D eigenvalue weighted by atomic mass is 10.2. The van der Waals surface area contributed by atoms with Crippen molar-refractivity contribution in [3.05, 3.63) is 12.7 Å². The Kier molecular flexibility index (Phi) is 7.98. The summed E-state index contributed by atoms with van der Waals surface area (Å²) in [4.78, 5) is 15.0. The van der Waals surface area contributed by atoms with Crippen LogP contribution >= 0.6 is 7.52 Å². The first-order valence-electron chi connectivity index (χ1n) is 9.88. The third-order valence-electron chi connectivity index (χ3n) is 5.26. The zero-order valence-electron chi connectivity index (χ0n) is 18.0. The Morgan fingerprint density at radius 2 is 1.97 bits per heavy atom. The van der Waals surface area contributed by atoms with E-state index in [1.807, 2.05) is 18.4 Å². The molecule has 2 aromatic rings. The summed E-state index contributed by atoms with van der Waals surface area (Å²) in [7, 11) is 0.650. The van der Waals surface area contributed by atoms with Crippen LogP contribution in [0.3, 0.4) is 0 Å². The largest absolute Gasteiger partial charge is 0.382 e. The molecule has 0 amide bonds. The van der Waals surface area contributed by atoms with E-state index in [9.17, 15) is 4.57 Å². The number of anilines is 1. The smallest absolute Gasteiger partial charge is 0.274 e. The Bertz CT molecular complexity index is 874. The molecule has 3 atom stereocenters. The third kappa shape index (κ3) is 4.84. The number of imidazole rings is 1. The van der Waals surface area contributed by atoms with Crippen molar-refractivity contribution in [3.63, 3.8) is 0 Å². The zero-order valence-corrected chi connectivity index (χ0v) is 18.9. The van der Waals surface area contributed by atoms with Gasteiger partial charge in [0.25, 0.3) is 7.52 Å². The number of ether oxygens (including phenoxy) is 1. The van der Waals surface area contributed by atoms with Crippen LogP contribution in [0, 0.1) is 0 Å². The Morgan fingerprint density at radius 1 is 1.27 bits per heavy atom. The minimum atomic E-state index is -2.92. The van der Waals surface area contributed by atoms with Crippen molar-refractivity contribution in [2.75, 3.05) is 39.5 Å². The van der Waals surface area contributed by atoms with Crippen molar-refractivity contribution >= 4 is 24.5 Å². The van der Waals surface area contributed by atoms with E-state index in [0.29, 0.717) is 36.1 Å². The van der Waals surface area contributed by atoms with E-state index in [0.717, 1.165) is 0 Å². The van der Waals surface area contributed by atoms with Crippen LogP contribution in [0.4, 0.5) is 5.82 Å². The number of fused-ring (bicyclic) bond motifs is 1. The van der Waals surface area contributed by atoms with Crippen LogP contribution in [0.15, 0.2) is 12.7 Å². The molecule has 0 aliphatic carbocycles. The molecule has 0 spiro atoms. The van der Waals surface area contributed by atoms with Crippen molar-refractivity contribution in [2.24, 2.45) is 0 Å². The van der Waals surface area contributed by atoms with Gasteiger partial charge in [0, 0.05) is 24.8 Å². The Morgan fingerprint density at radius 3 is 2.57 bits per heavy atom. The molecule has 0 saturated carbocycles. The van der Waals surface area contributed by atoms with Gasteiger partial charge in [-0.15, -0.1) is 0 Å². The monoisotopic (exact) mass is 441 g/mol. The average molecular weight is 442 g/mol. The fourth-order valence-electron chi connectivity index (χ4n) is 3.51. The summed E-state index contributed by atoms with van der Waals surface area (Å²) in [6.45, 7) is 9.73. The fourth-order valence-corrected chi connectivity index (χ4v) is 5.34. The van der Waals surface area contributed by atoms with Gasteiger partial charge >= 0.3 is 0 Å². The van der Waals surface area contributed by atoms with Gasteiger partial charge in [-0.3, -0.25) is 14.0 Å². The number of hydrogen-bond acceptors (Lipinski definition) is 8. The van der Waals surface area contributed by atoms with Gasteiger partial charge in [0.15, 0.2) is 11.5 Å². The van der Waals surface area contributed by atoms with Crippen molar-refractivity contribution < 1.29 is 13.8 Å². The molecule has 2 N–H and O–H groups in total. The standard InChI is InChI=1S/C18H32N7O3P.CH4/c1-12(2)24-7-14(9-27-29(26,13(3)4)23(5)6)28-15(8-24)25-11-22-16-17(19)20-10-21-18(16)25;/h10-15H,7-9H2,1-6H3,(H2,19,20,21);1H4/t14-,15+,29?;/m0./s1. The minimum Gasteiger partial charge on any atom is -0.382 e. The van der Waals surface area contributed by atoms with Crippen LogP contribution in [0.2, 0.25) is 0 Å². The highest BCUT2D eigenvalue weighted by Gasteiger charge is 2.36. The minimum absolute atomic E-state index is 0. The first kappa shape index (κ1) is 24.7. The molecule has 10 nitrogen and oxygen atoms in total. The van der Waals surface area contributed by atoms with Gasteiger partial charge in [0.05, 0.1) is 19.0 Å². The van der Waals surface area contributed by atoms with E-state index in [1.54, 1.807) is 25.1 Å². The maximum atomic E-state index is 13.2. The highest BCUT2D eigenvalue weighted by Crippen LogP contribution is 2.53. The van der Waals surface area contributed by atoms with Gasteiger partial charge < -0.3 is 15.0 Å². The summed E-state index contributed by atoms with van der Waals surface area (Å²) in [5.74, 6) is 0.342. The fraction of sp³-hybridized carbons (Fsp3) is 0.737. The normalized spacial score (nSPS) is 22.6. The van der Waals surface area contributed by atoms with Crippen molar-refractivity contribution in [1.82, 2.24) is 29.1 Å². The van der Waals surface area contributed by atoms with E-state index in [1.165, 1.54) is 6.33 Å². The molecule has 1 aliphatic heterocycles. The average Bonchev–Trinajstić information content (AvgIpc) is 3.11. The highest BCUT2D eigenvalue weighted by molar-refractivity contribution is 7.57. The molecule has 1 fully saturated rings. The second kappa shape index (κ2) is 9.70. The van der Waals surface area contributed by atoms with Gasteiger partial charge in [-0.2, -0.15) is 0 Å². The number of hydrogen-bond donors (Lipinski definition) is 1. The molecule has 3 heterocycles. The van der Waals surface area contributed by atoms with Crippen molar-refractivity contribution in [1.29, 1.82) is 0 Å². The molecular weight excluding hydrogens is 405 g/mol. The molecule has 0 radical (unpaired) electrons. The summed E-state index contributed by atoms with van der Waals surface area (Å²) in [5.41, 5.74) is 7.01. The SMILES string of the molecule is C.CC(C)N1C[C@@H](COP(=O)(C(C)C)N(C)C)O[C@@H](n2cnc3c(N)ncnc32)C1. The summed E-state index contributed by atoms with van der Waals surface area (Å²) in [6.07, 6.45) is 2.56. The summed E-state index contributed by atoms with van der Waals surface area (Å²) in [6, 6.07) is 0.323. The maximum Gasteiger partial charge on any atom is 0.274 e. The van der Waals surface area contributed by atoms with Crippen LogP contribution < -0.4 is 5.73 Å². The van der Waals surface area contributed by atoms with Crippen LogP contribution in [-0.2, 0) is 13.8 Å². The molecule has 1 unspecified atom stereocenters. The molecular formula is C19H36N7O3P. The van der Waals surface area contributed by atoms with Crippen LogP contribution in [0.1, 0.15) is 41.3 Å². The number of rotatable bonds is 7. The van der Waals surface area contributed by atoms with Crippen LogP contribution in [0.5, 0.6) is 0 Å². The molecule has 30 heavy (non-hydrogen) atoms. The molecule has 11 heteroatoms. The first-order chi connectivity index (χ1) is 13.6.